The summed E-state index contributed by atoms with van der Waals surface area (Å²) in [6.45, 7) is 5.68. The van der Waals surface area contributed by atoms with E-state index in [0.29, 0.717) is 6.04 Å². The average molecular weight is 492 g/mol. The minimum atomic E-state index is -0.375. The van der Waals surface area contributed by atoms with Crippen LogP contribution in [0.4, 0.5) is 4.79 Å². The van der Waals surface area contributed by atoms with Crippen LogP contribution >= 0.6 is 11.3 Å². The second kappa shape index (κ2) is 11.2. The fourth-order valence-electron chi connectivity index (χ4n) is 4.86. The fraction of sp³-hybridized carbons (Fsp3) is 0.429. The standard InChI is InChI=1S/C28H33N3O3S/c1-20-7-5-14-31(20)15-6-16-33-24-12-10-22(11-13-24)27-30-25-17-23(18-26(25)35-27)29-28(32)34-19-21-8-3-2-4-9-21/h2-4,8-13,20,23H,5-7,14-19H2,1H3,(H,29,32). The third-order valence-electron chi connectivity index (χ3n) is 6.83. The van der Waals surface area contributed by atoms with Gasteiger partial charge in [0.2, 0.25) is 0 Å². The maximum atomic E-state index is 12.2. The van der Waals surface area contributed by atoms with E-state index >= 15 is 0 Å². The molecule has 6 nitrogen and oxygen atoms in total. The van der Waals surface area contributed by atoms with Crippen LogP contribution in [0.1, 0.15) is 42.3 Å². The molecule has 1 aromatic heterocycles. The van der Waals surface area contributed by atoms with E-state index in [1.807, 2.05) is 42.5 Å². The summed E-state index contributed by atoms with van der Waals surface area (Å²) in [5.41, 5.74) is 3.16. The second-order valence-corrected chi connectivity index (χ2v) is 10.5. The summed E-state index contributed by atoms with van der Waals surface area (Å²) in [5, 5.41) is 4.00. The second-order valence-electron chi connectivity index (χ2n) is 9.45. The number of ether oxygens (including phenoxy) is 2. The third kappa shape index (κ3) is 6.21. The van der Waals surface area contributed by atoms with Crippen molar-refractivity contribution in [2.24, 2.45) is 0 Å². The number of nitrogens with zero attached hydrogens (tertiary/aromatic N) is 2. The van der Waals surface area contributed by atoms with Crippen LogP contribution in [0.15, 0.2) is 54.6 Å². The Hall–Kier alpha value is -2.90. The molecule has 7 heteroatoms. The molecule has 0 saturated carbocycles. The average Bonchev–Trinajstić information content (AvgIpc) is 3.56. The lowest BCUT2D eigenvalue weighted by molar-refractivity contribution is 0.136. The van der Waals surface area contributed by atoms with Crippen molar-refractivity contribution in [2.45, 2.75) is 57.7 Å². The summed E-state index contributed by atoms with van der Waals surface area (Å²) in [4.78, 5) is 20.8. The minimum absolute atomic E-state index is 0.0420. The van der Waals surface area contributed by atoms with Gasteiger partial charge in [0.05, 0.1) is 12.3 Å². The molecule has 184 valence electrons. The molecule has 1 aliphatic heterocycles. The van der Waals surface area contributed by atoms with E-state index < -0.39 is 0 Å². The Bertz CT molecular complexity index is 1090. The molecule has 2 heterocycles. The van der Waals surface area contributed by atoms with E-state index in [1.54, 1.807) is 11.3 Å². The highest BCUT2D eigenvalue weighted by Gasteiger charge is 2.27. The van der Waals surface area contributed by atoms with Gasteiger partial charge in [0.25, 0.3) is 0 Å². The molecule has 0 spiro atoms. The van der Waals surface area contributed by atoms with Crippen LogP contribution in [0.25, 0.3) is 10.6 Å². The van der Waals surface area contributed by atoms with Crippen molar-refractivity contribution in [1.82, 2.24) is 15.2 Å². The summed E-state index contributed by atoms with van der Waals surface area (Å²) in [6, 6.07) is 18.7. The summed E-state index contributed by atoms with van der Waals surface area (Å²) in [6.07, 6.45) is 4.86. The predicted molar refractivity (Wildman–Crippen MR) is 139 cm³/mol. The van der Waals surface area contributed by atoms with Crippen LogP contribution < -0.4 is 10.1 Å². The van der Waals surface area contributed by atoms with E-state index in [1.165, 1.54) is 24.3 Å². The molecule has 1 amide bonds. The maximum Gasteiger partial charge on any atom is 0.407 e. The molecule has 1 N–H and O–H groups in total. The number of carbonyl (C=O) groups excluding carboxylic acids is 1. The van der Waals surface area contributed by atoms with Crippen molar-refractivity contribution >= 4 is 17.4 Å². The lowest BCUT2D eigenvalue weighted by atomic mass is 10.2. The fourth-order valence-corrected chi connectivity index (χ4v) is 6.04. The molecule has 1 aliphatic carbocycles. The Morgan fingerprint density at radius 3 is 2.71 bits per heavy atom. The topological polar surface area (TPSA) is 63.7 Å². The van der Waals surface area contributed by atoms with E-state index in [4.69, 9.17) is 14.5 Å². The number of aromatic nitrogens is 1. The van der Waals surface area contributed by atoms with Crippen molar-refractivity contribution < 1.29 is 14.3 Å². The number of benzene rings is 2. The largest absolute Gasteiger partial charge is 0.494 e. The number of amides is 1. The zero-order valence-electron chi connectivity index (χ0n) is 20.2. The van der Waals surface area contributed by atoms with Crippen LogP contribution in [0, 0.1) is 0 Å². The highest BCUT2D eigenvalue weighted by molar-refractivity contribution is 7.15. The minimum Gasteiger partial charge on any atom is -0.494 e. The van der Waals surface area contributed by atoms with Gasteiger partial charge in [0, 0.05) is 41.9 Å². The Balaban J connectivity index is 1.06. The highest BCUT2D eigenvalue weighted by atomic mass is 32.1. The number of thiazole rings is 1. The van der Waals surface area contributed by atoms with Crippen molar-refractivity contribution in [3.63, 3.8) is 0 Å². The van der Waals surface area contributed by atoms with Gasteiger partial charge >= 0.3 is 6.09 Å². The van der Waals surface area contributed by atoms with Gasteiger partial charge in [-0.2, -0.15) is 0 Å². The molecular weight excluding hydrogens is 458 g/mol. The molecular formula is C28H33N3O3S. The maximum absolute atomic E-state index is 12.2. The Morgan fingerprint density at radius 2 is 1.97 bits per heavy atom. The SMILES string of the molecule is CC1CCCN1CCCOc1ccc(-c2nc3c(s2)CC(NC(=O)OCc2ccccc2)C3)cc1. The van der Waals surface area contributed by atoms with E-state index in [-0.39, 0.29) is 18.7 Å². The summed E-state index contributed by atoms with van der Waals surface area (Å²) < 4.78 is 11.3. The number of alkyl carbamates (subject to hydrolysis) is 1. The molecule has 2 atom stereocenters. The number of fused-ring (bicyclic) bond motifs is 1. The molecule has 35 heavy (non-hydrogen) atoms. The monoisotopic (exact) mass is 491 g/mol. The zero-order valence-corrected chi connectivity index (χ0v) is 21.1. The van der Waals surface area contributed by atoms with Crippen LogP contribution in [0.5, 0.6) is 5.75 Å². The smallest absolute Gasteiger partial charge is 0.407 e. The molecule has 2 aliphatic rings. The number of hydrogen-bond acceptors (Lipinski definition) is 6. The van der Waals surface area contributed by atoms with Crippen LogP contribution in [-0.4, -0.2) is 47.8 Å². The first-order valence-corrected chi connectivity index (χ1v) is 13.4. The first-order chi connectivity index (χ1) is 17.1. The molecule has 5 rings (SSSR count). The third-order valence-corrected chi connectivity index (χ3v) is 8.00. The number of rotatable bonds is 9. The number of hydrogen-bond donors (Lipinski definition) is 1. The normalized spacial score (nSPS) is 19.5. The van der Waals surface area contributed by atoms with Crippen molar-refractivity contribution in [2.75, 3.05) is 19.7 Å². The van der Waals surface area contributed by atoms with Gasteiger partial charge in [0.1, 0.15) is 17.4 Å². The van der Waals surface area contributed by atoms with Gasteiger partial charge in [-0.3, -0.25) is 0 Å². The molecule has 0 radical (unpaired) electrons. The van der Waals surface area contributed by atoms with Crippen LogP contribution in [0.2, 0.25) is 0 Å². The quantitative estimate of drug-likeness (QED) is 0.403. The summed E-state index contributed by atoms with van der Waals surface area (Å²) in [7, 11) is 0. The van der Waals surface area contributed by atoms with Gasteiger partial charge in [-0.25, -0.2) is 9.78 Å². The first kappa shape index (κ1) is 23.8. The molecule has 2 aromatic carbocycles. The van der Waals surface area contributed by atoms with E-state index in [2.05, 4.69) is 29.3 Å². The molecule has 3 aromatic rings. The highest BCUT2D eigenvalue weighted by Crippen LogP contribution is 2.34. The lowest BCUT2D eigenvalue weighted by Gasteiger charge is -2.20. The van der Waals surface area contributed by atoms with Crippen molar-refractivity contribution in [3.8, 4) is 16.3 Å². The summed E-state index contributed by atoms with van der Waals surface area (Å²) >= 11 is 1.71. The number of likely N-dealkylation sites (tertiary alicyclic amines) is 1. The van der Waals surface area contributed by atoms with E-state index in [0.717, 1.165) is 60.0 Å². The Kier molecular flexibility index (Phi) is 7.64. The van der Waals surface area contributed by atoms with Crippen LogP contribution in [-0.2, 0) is 24.2 Å². The Labute approximate surface area is 211 Å². The summed E-state index contributed by atoms with van der Waals surface area (Å²) in [5.74, 6) is 0.908. The van der Waals surface area contributed by atoms with Crippen molar-refractivity contribution in [1.29, 1.82) is 0 Å². The first-order valence-electron chi connectivity index (χ1n) is 12.6. The molecule has 1 fully saturated rings. The predicted octanol–water partition coefficient (Wildman–Crippen LogP) is 5.46. The van der Waals surface area contributed by atoms with Gasteiger partial charge in [0.15, 0.2) is 0 Å². The number of nitrogens with one attached hydrogen (secondary N) is 1. The van der Waals surface area contributed by atoms with Gasteiger partial charge in [-0.05, 0) is 62.6 Å². The van der Waals surface area contributed by atoms with E-state index in [9.17, 15) is 4.79 Å². The van der Waals surface area contributed by atoms with Gasteiger partial charge in [-0.15, -0.1) is 11.3 Å². The lowest BCUT2D eigenvalue weighted by Crippen LogP contribution is -2.35. The molecule has 2 unspecified atom stereocenters. The van der Waals surface area contributed by atoms with Gasteiger partial charge < -0.3 is 19.7 Å². The van der Waals surface area contributed by atoms with Crippen LogP contribution in [0.3, 0.4) is 0 Å². The Morgan fingerprint density at radius 1 is 1.14 bits per heavy atom. The molecule has 1 saturated heterocycles. The zero-order chi connectivity index (χ0) is 24.0. The number of carbonyl (C=O) groups is 1. The molecule has 0 bridgehead atoms. The van der Waals surface area contributed by atoms with Gasteiger partial charge in [-0.1, -0.05) is 30.3 Å². The van der Waals surface area contributed by atoms with Crippen molar-refractivity contribution in [3.05, 3.63) is 70.7 Å².